The Kier molecular flexibility index (Phi) is 7.55. The number of terminal acetylenes is 1. The van der Waals surface area contributed by atoms with Crippen LogP contribution in [0.15, 0.2) is 0 Å². The second kappa shape index (κ2) is 8.42. The van der Waals surface area contributed by atoms with E-state index in [2.05, 4.69) is 21.9 Å². The van der Waals surface area contributed by atoms with E-state index < -0.39 is 0 Å². The van der Waals surface area contributed by atoms with E-state index in [0.29, 0.717) is 13.1 Å². The number of urea groups is 1. The third-order valence-corrected chi connectivity index (χ3v) is 2.02. The van der Waals surface area contributed by atoms with Crippen molar-refractivity contribution in [3.8, 4) is 12.3 Å². The first kappa shape index (κ1) is 15.3. The highest BCUT2D eigenvalue weighted by Crippen LogP contribution is 1.81. The lowest BCUT2D eigenvalue weighted by Gasteiger charge is -2.15. The second-order valence-electron chi connectivity index (χ2n) is 3.72. The Labute approximate surface area is 102 Å². The summed E-state index contributed by atoms with van der Waals surface area (Å²) in [5.41, 5.74) is 0. The van der Waals surface area contributed by atoms with Crippen molar-refractivity contribution in [1.82, 2.24) is 20.9 Å². The SMILES string of the molecule is C#CCNC(=O)C(C)NCCNC(=O)N(C)C. The number of carbonyl (C=O) groups is 2. The van der Waals surface area contributed by atoms with Gasteiger partial charge in [0, 0.05) is 27.2 Å². The average Bonchev–Trinajstić information content (AvgIpc) is 2.30. The summed E-state index contributed by atoms with van der Waals surface area (Å²) in [5, 5.41) is 8.22. The molecule has 0 spiro atoms. The molecule has 0 radical (unpaired) electrons. The molecule has 0 aliphatic rings. The monoisotopic (exact) mass is 240 g/mol. The zero-order valence-electron chi connectivity index (χ0n) is 10.5. The van der Waals surface area contributed by atoms with Crippen LogP contribution in [0.25, 0.3) is 0 Å². The Morgan fingerprint density at radius 2 is 1.94 bits per heavy atom. The van der Waals surface area contributed by atoms with E-state index in [4.69, 9.17) is 6.42 Å². The van der Waals surface area contributed by atoms with Gasteiger partial charge in [-0.15, -0.1) is 6.42 Å². The van der Waals surface area contributed by atoms with Crippen LogP contribution in [0, 0.1) is 12.3 Å². The van der Waals surface area contributed by atoms with Gasteiger partial charge in [-0.2, -0.15) is 0 Å². The molecule has 0 aliphatic heterocycles. The van der Waals surface area contributed by atoms with E-state index >= 15 is 0 Å². The number of carbonyl (C=O) groups excluding carboxylic acids is 2. The van der Waals surface area contributed by atoms with Crippen LogP contribution in [0.1, 0.15) is 6.92 Å². The highest BCUT2D eigenvalue weighted by atomic mass is 16.2. The highest BCUT2D eigenvalue weighted by Gasteiger charge is 2.10. The predicted octanol–water partition coefficient (Wildman–Crippen LogP) is -1.01. The van der Waals surface area contributed by atoms with Gasteiger partial charge in [0.2, 0.25) is 5.91 Å². The molecular weight excluding hydrogens is 220 g/mol. The number of nitrogens with one attached hydrogen (secondary N) is 3. The molecule has 1 unspecified atom stereocenters. The molecule has 0 heterocycles. The van der Waals surface area contributed by atoms with Gasteiger partial charge in [0.05, 0.1) is 12.6 Å². The average molecular weight is 240 g/mol. The molecule has 6 nitrogen and oxygen atoms in total. The molecule has 17 heavy (non-hydrogen) atoms. The van der Waals surface area contributed by atoms with Gasteiger partial charge < -0.3 is 20.9 Å². The Hall–Kier alpha value is -1.74. The zero-order chi connectivity index (χ0) is 13.3. The quantitative estimate of drug-likeness (QED) is 0.411. The fraction of sp³-hybridized carbons (Fsp3) is 0.636. The number of amides is 3. The van der Waals surface area contributed by atoms with Crippen molar-refractivity contribution in [2.45, 2.75) is 13.0 Å². The lowest BCUT2D eigenvalue weighted by Crippen LogP contribution is -2.45. The van der Waals surface area contributed by atoms with Crippen LogP contribution in [0.2, 0.25) is 0 Å². The molecule has 1 atom stereocenters. The summed E-state index contributed by atoms with van der Waals surface area (Å²) in [7, 11) is 3.33. The van der Waals surface area contributed by atoms with Crippen molar-refractivity contribution in [2.24, 2.45) is 0 Å². The summed E-state index contributed by atoms with van der Waals surface area (Å²) in [6.45, 7) is 2.94. The molecule has 3 N–H and O–H groups in total. The van der Waals surface area contributed by atoms with E-state index in [1.807, 2.05) is 0 Å². The Morgan fingerprint density at radius 1 is 1.29 bits per heavy atom. The smallest absolute Gasteiger partial charge is 0.316 e. The fourth-order valence-corrected chi connectivity index (χ4v) is 1.00. The van der Waals surface area contributed by atoms with Crippen LogP contribution in [-0.2, 0) is 4.79 Å². The maximum Gasteiger partial charge on any atom is 0.316 e. The van der Waals surface area contributed by atoms with Crippen LogP contribution in [0.5, 0.6) is 0 Å². The largest absolute Gasteiger partial charge is 0.344 e. The molecule has 0 aromatic carbocycles. The molecule has 0 aliphatic carbocycles. The molecule has 0 saturated heterocycles. The minimum absolute atomic E-state index is 0.151. The normalized spacial score (nSPS) is 11.2. The molecule has 0 aromatic heterocycles. The maximum atomic E-state index is 11.4. The van der Waals surface area contributed by atoms with Gasteiger partial charge in [-0.05, 0) is 6.92 Å². The lowest BCUT2D eigenvalue weighted by molar-refractivity contribution is -0.122. The summed E-state index contributed by atoms with van der Waals surface area (Å²) in [5.74, 6) is 2.17. The zero-order valence-corrected chi connectivity index (χ0v) is 10.5. The van der Waals surface area contributed by atoms with Crippen LogP contribution >= 0.6 is 0 Å². The molecule has 6 heteroatoms. The Balaban J connectivity index is 3.64. The number of nitrogens with zero attached hydrogens (tertiary/aromatic N) is 1. The maximum absolute atomic E-state index is 11.4. The second-order valence-corrected chi connectivity index (χ2v) is 3.72. The standard InChI is InChI=1S/C11H20N4O2/c1-5-6-13-10(16)9(2)12-7-8-14-11(17)15(3)4/h1,9,12H,6-8H2,2-4H3,(H,13,16)(H,14,17). The van der Waals surface area contributed by atoms with Crippen molar-refractivity contribution in [2.75, 3.05) is 33.7 Å². The summed E-state index contributed by atoms with van der Waals surface area (Å²) in [4.78, 5) is 24.0. The Bertz CT molecular complexity index is 296. The van der Waals surface area contributed by atoms with E-state index in [9.17, 15) is 9.59 Å². The number of rotatable bonds is 6. The van der Waals surface area contributed by atoms with Crippen LogP contribution < -0.4 is 16.0 Å². The molecule has 0 fully saturated rings. The molecule has 0 aromatic rings. The van der Waals surface area contributed by atoms with Crippen LogP contribution in [0.4, 0.5) is 4.79 Å². The first-order chi connectivity index (χ1) is 7.99. The topological polar surface area (TPSA) is 73.5 Å². The first-order valence-electron chi connectivity index (χ1n) is 5.38. The minimum atomic E-state index is -0.334. The molecule has 0 bridgehead atoms. The van der Waals surface area contributed by atoms with Crippen LogP contribution in [-0.4, -0.2) is 56.6 Å². The van der Waals surface area contributed by atoms with Crippen LogP contribution in [0.3, 0.4) is 0 Å². The van der Waals surface area contributed by atoms with Crippen molar-refractivity contribution in [3.63, 3.8) is 0 Å². The van der Waals surface area contributed by atoms with Crippen molar-refractivity contribution in [1.29, 1.82) is 0 Å². The van der Waals surface area contributed by atoms with Crippen molar-refractivity contribution < 1.29 is 9.59 Å². The van der Waals surface area contributed by atoms with Gasteiger partial charge in [-0.1, -0.05) is 5.92 Å². The molecule has 3 amide bonds. The van der Waals surface area contributed by atoms with E-state index in [1.165, 1.54) is 4.90 Å². The molecular formula is C11H20N4O2. The fourth-order valence-electron chi connectivity index (χ4n) is 1.00. The van der Waals surface area contributed by atoms with E-state index in [1.54, 1.807) is 21.0 Å². The molecule has 0 rings (SSSR count). The Morgan fingerprint density at radius 3 is 2.47 bits per heavy atom. The first-order valence-corrected chi connectivity index (χ1v) is 5.38. The van der Waals surface area contributed by atoms with Gasteiger partial charge in [0.15, 0.2) is 0 Å². The van der Waals surface area contributed by atoms with Gasteiger partial charge >= 0.3 is 6.03 Å². The summed E-state index contributed by atoms with van der Waals surface area (Å²) >= 11 is 0. The highest BCUT2D eigenvalue weighted by molar-refractivity contribution is 5.81. The minimum Gasteiger partial charge on any atom is -0.344 e. The van der Waals surface area contributed by atoms with E-state index in [0.717, 1.165) is 0 Å². The predicted molar refractivity (Wildman–Crippen MR) is 66.4 cm³/mol. The van der Waals surface area contributed by atoms with Crippen molar-refractivity contribution in [3.05, 3.63) is 0 Å². The van der Waals surface area contributed by atoms with Gasteiger partial charge in [0.1, 0.15) is 0 Å². The lowest BCUT2D eigenvalue weighted by atomic mass is 10.3. The number of hydrogen-bond acceptors (Lipinski definition) is 3. The van der Waals surface area contributed by atoms with Gasteiger partial charge in [-0.25, -0.2) is 4.79 Å². The van der Waals surface area contributed by atoms with Gasteiger partial charge in [0.25, 0.3) is 0 Å². The summed E-state index contributed by atoms with van der Waals surface area (Å²) < 4.78 is 0. The molecule has 0 saturated carbocycles. The van der Waals surface area contributed by atoms with Gasteiger partial charge in [-0.3, -0.25) is 4.79 Å². The van der Waals surface area contributed by atoms with Crippen molar-refractivity contribution >= 4 is 11.9 Å². The summed E-state index contributed by atoms with van der Waals surface area (Å²) in [6, 6.07) is -0.490. The number of hydrogen-bond donors (Lipinski definition) is 3. The third-order valence-electron chi connectivity index (χ3n) is 2.02. The molecule has 96 valence electrons. The van der Waals surface area contributed by atoms with E-state index in [-0.39, 0.29) is 24.5 Å². The summed E-state index contributed by atoms with van der Waals surface area (Å²) in [6.07, 6.45) is 5.02. The third kappa shape index (κ3) is 7.19.